The van der Waals surface area contributed by atoms with Gasteiger partial charge in [-0.15, -0.1) is 0 Å². The maximum Gasteiger partial charge on any atom is 0.168 e. The van der Waals surface area contributed by atoms with Crippen LogP contribution in [0.25, 0.3) is 0 Å². The number of nitrogens with two attached hydrogens (primary N) is 1. The number of carbonyl (C=O) groups is 1. The van der Waals surface area contributed by atoms with Crippen LogP contribution in [-0.4, -0.2) is 19.0 Å². The van der Waals surface area contributed by atoms with Crippen LogP contribution in [0.1, 0.15) is 28.8 Å². The van der Waals surface area contributed by atoms with Crippen LogP contribution < -0.4 is 5.73 Å². The minimum absolute atomic E-state index is 0.0393. The number of hydrogen-bond donors (Lipinski definition) is 1. The van der Waals surface area contributed by atoms with Crippen molar-refractivity contribution in [1.29, 1.82) is 0 Å². The van der Waals surface area contributed by atoms with Crippen molar-refractivity contribution in [3.63, 3.8) is 0 Å². The van der Waals surface area contributed by atoms with Gasteiger partial charge in [0.05, 0.1) is 6.61 Å². The molecule has 16 heavy (non-hydrogen) atoms. The van der Waals surface area contributed by atoms with E-state index in [-0.39, 0.29) is 11.7 Å². The second-order valence-electron chi connectivity index (χ2n) is 4.18. The number of carbonyl (C=O) groups excluding carboxylic acids is 1. The Kier molecular flexibility index (Phi) is 3.70. The first-order chi connectivity index (χ1) is 7.81. The topological polar surface area (TPSA) is 52.3 Å². The molecule has 1 saturated heterocycles. The average molecular weight is 219 g/mol. The van der Waals surface area contributed by atoms with Crippen molar-refractivity contribution >= 4 is 5.78 Å². The van der Waals surface area contributed by atoms with E-state index in [0.29, 0.717) is 13.2 Å². The Morgan fingerprint density at radius 2 is 2.12 bits per heavy atom. The summed E-state index contributed by atoms with van der Waals surface area (Å²) in [6, 6.07) is 7.55. The normalized spacial score (nSPS) is 20.7. The lowest BCUT2D eigenvalue weighted by atomic mass is 9.92. The van der Waals surface area contributed by atoms with E-state index >= 15 is 0 Å². The van der Waals surface area contributed by atoms with Crippen LogP contribution in [0.5, 0.6) is 0 Å². The zero-order chi connectivity index (χ0) is 11.4. The quantitative estimate of drug-likeness (QED) is 0.788. The summed E-state index contributed by atoms with van der Waals surface area (Å²) in [5, 5.41) is 0. The van der Waals surface area contributed by atoms with Gasteiger partial charge in [-0.1, -0.05) is 24.3 Å². The summed E-state index contributed by atoms with van der Waals surface area (Å²) < 4.78 is 5.33. The number of ketones is 1. The predicted octanol–water partition coefficient (Wildman–Crippen LogP) is 1.75. The molecule has 1 heterocycles. The Morgan fingerprint density at radius 1 is 1.38 bits per heavy atom. The van der Waals surface area contributed by atoms with E-state index in [1.807, 2.05) is 24.3 Å². The Bertz CT molecular complexity index is 353. The Morgan fingerprint density at radius 3 is 2.69 bits per heavy atom. The molecule has 1 unspecified atom stereocenters. The fourth-order valence-electron chi connectivity index (χ4n) is 1.99. The van der Waals surface area contributed by atoms with Crippen LogP contribution in [-0.2, 0) is 11.3 Å². The summed E-state index contributed by atoms with van der Waals surface area (Å²) in [7, 11) is 0. The van der Waals surface area contributed by atoms with E-state index in [0.717, 1.165) is 30.6 Å². The van der Waals surface area contributed by atoms with Gasteiger partial charge in [0.15, 0.2) is 5.78 Å². The molecule has 0 aliphatic carbocycles. The molecular weight excluding hydrogens is 202 g/mol. The molecule has 1 aromatic rings. The van der Waals surface area contributed by atoms with Gasteiger partial charge in [-0.05, 0) is 18.4 Å². The van der Waals surface area contributed by atoms with Gasteiger partial charge >= 0.3 is 0 Å². The highest BCUT2D eigenvalue weighted by atomic mass is 16.5. The number of hydrogen-bond acceptors (Lipinski definition) is 3. The second kappa shape index (κ2) is 5.23. The van der Waals surface area contributed by atoms with Crippen molar-refractivity contribution in [3.8, 4) is 0 Å². The molecule has 3 heteroatoms. The lowest BCUT2D eigenvalue weighted by Gasteiger charge is -2.20. The molecule has 1 atom stereocenters. The number of Topliss-reactive ketones (excluding diaryl/α,β-unsaturated/α-hetero) is 1. The zero-order valence-electron chi connectivity index (χ0n) is 9.32. The summed E-state index contributed by atoms with van der Waals surface area (Å²) in [5.74, 6) is 0.237. The van der Waals surface area contributed by atoms with E-state index in [1.165, 1.54) is 0 Å². The predicted molar refractivity (Wildman–Crippen MR) is 62.2 cm³/mol. The highest BCUT2D eigenvalue weighted by molar-refractivity contribution is 5.98. The van der Waals surface area contributed by atoms with E-state index in [2.05, 4.69) is 0 Å². The van der Waals surface area contributed by atoms with E-state index in [1.54, 1.807) is 0 Å². The van der Waals surface area contributed by atoms with E-state index in [9.17, 15) is 4.79 Å². The molecule has 3 nitrogen and oxygen atoms in total. The van der Waals surface area contributed by atoms with Crippen LogP contribution in [0.3, 0.4) is 0 Å². The zero-order valence-corrected chi connectivity index (χ0v) is 9.32. The van der Waals surface area contributed by atoms with Crippen molar-refractivity contribution in [2.24, 2.45) is 11.7 Å². The minimum atomic E-state index is 0.0393. The van der Waals surface area contributed by atoms with E-state index < -0.39 is 0 Å². The summed E-state index contributed by atoms with van der Waals surface area (Å²) in [6.45, 7) is 1.87. The Hall–Kier alpha value is -1.19. The molecule has 0 radical (unpaired) electrons. The molecule has 1 aliphatic rings. The molecule has 0 saturated carbocycles. The van der Waals surface area contributed by atoms with Crippen molar-refractivity contribution in [3.05, 3.63) is 35.4 Å². The minimum Gasteiger partial charge on any atom is -0.381 e. The van der Waals surface area contributed by atoms with Gasteiger partial charge in [0, 0.05) is 24.6 Å². The molecule has 1 fully saturated rings. The first-order valence-electron chi connectivity index (χ1n) is 5.72. The first-order valence-corrected chi connectivity index (χ1v) is 5.72. The summed E-state index contributed by atoms with van der Waals surface area (Å²) in [5.41, 5.74) is 7.34. The third-order valence-electron chi connectivity index (χ3n) is 3.01. The Balaban J connectivity index is 2.07. The molecule has 0 spiro atoms. The smallest absolute Gasteiger partial charge is 0.168 e. The lowest BCUT2D eigenvalue weighted by molar-refractivity contribution is 0.0461. The highest BCUT2D eigenvalue weighted by Crippen LogP contribution is 2.19. The van der Waals surface area contributed by atoms with Gasteiger partial charge in [0.1, 0.15) is 0 Å². The Labute approximate surface area is 95.6 Å². The fraction of sp³-hybridized carbons (Fsp3) is 0.462. The van der Waals surface area contributed by atoms with Crippen LogP contribution >= 0.6 is 0 Å². The van der Waals surface area contributed by atoms with Crippen LogP contribution in [0.4, 0.5) is 0 Å². The van der Waals surface area contributed by atoms with Gasteiger partial charge in [-0.3, -0.25) is 4.79 Å². The molecule has 86 valence electrons. The lowest BCUT2D eigenvalue weighted by Crippen LogP contribution is -2.25. The van der Waals surface area contributed by atoms with E-state index in [4.69, 9.17) is 10.5 Å². The van der Waals surface area contributed by atoms with Gasteiger partial charge in [0.2, 0.25) is 0 Å². The van der Waals surface area contributed by atoms with Crippen LogP contribution in [0.2, 0.25) is 0 Å². The van der Waals surface area contributed by atoms with Gasteiger partial charge in [-0.25, -0.2) is 0 Å². The maximum atomic E-state index is 12.1. The summed E-state index contributed by atoms with van der Waals surface area (Å²) >= 11 is 0. The van der Waals surface area contributed by atoms with Gasteiger partial charge < -0.3 is 10.5 Å². The van der Waals surface area contributed by atoms with Crippen molar-refractivity contribution in [1.82, 2.24) is 0 Å². The monoisotopic (exact) mass is 219 g/mol. The third kappa shape index (κ3) is 2.49. The van der Waals surface area contributed by atoms with Crippen LogP contribution in [0.15, 0.2) is 24.3 Å². The van der Waals surface area contributed by atoms with Gasteiger partial charge in [-0.2, -0.15) is 0 Å². The third-order valence-corrected chi connectivity index (χ3v) is 3.01. The number of ether oxygens (including phenoxy) is 1. The average Bonchev–Trinajstić information content (AvgIpc) is 2.39. The standard InChI is InChI=1S/C13H17NO2/c14-8-10-3-5-11(6-4-10)13(15)12-2-1-7-16-9-12/h3-6,12H,1-2,7-9,14H2. The van der Waals surface area contributed by atoms with Crippen molar-refractivity contribution in [2.45, 2.75) is 19.4 Å². The molecule has 1 aliphatic heterocycles. The molecule has 1 aromatic carbocycles. The van der Waals surface area contributed by atoms with Crippen molar-refractivity contribution < 1.29 is 9.53 Å². The molecular formula is C13H17NO2. The highest BCUT2D eigenvalue weighted by Gasteiger charge is 2.22. The SMILES string of the molecule is NCc1ccc(C(=O)C2CCCOC2)cc1. The molecule has 2 N–H and O–H groups in total. The van der Waals surface area contributed by atoms with Crippen LogP contribution in [0, 0.1) is 5.92 Å². The molecule has 0 amide bonds. The molecule has 0 aromatic heterocycles. The largest absolute Gasteiger partial charge is 0.381 e. The second-order valence-corrected chi connectivity index (χ2v) is 4.18. The first kappa shape index (κ1) is 11.3. The van der Waals surface area contributed by atoms with Gasteiger partial charge in [0.25, 0.3) is 0 Å². The molecule has 0 bridgehead atoms. The fourth-order valence-corrected chi connectivity index (χ4v) is 1.99. The number of benzene rings is 1. The molecule has 2 rings (SSSR count). The van der Waals surface area contributed by atoms with Crippen molar-refractivity contribution in [2.75, 3.05) is 13.2 Å². The summed E-state index contributed by atoms with van der Waals surface area (Å²) in [4.78, 5) is 12.1. The number of rotatable bonds is 3. The maximum absolute atomic E-state index is 12.1. The summed E-state index contributed by atoms with van der Waals surface area (Å²) in [6.07, 6.45) is 1.93.